The largest absolute Gasteiger partial charge is 0.392 e. The number of aryl methyl sites for hydroxylation is 2. The highest BCUT2D eigenvalue weighted by Crippen LogP contribution is 2.38. The zero-order valence-electron chi connectivity index (χ0n) is 16.1. The summed E-state index contributed by atoms with van der Waals surface area (Å²) in [6.07, 6.45) is 3.64. The van der Waals surface area contributed by atoms with Gasteiger partial charge < -0.3 is 10.4 Å². The highest BCUT2D eigenvalue weighted by molar-refractivity contribution is 5.84. The number of aliphatic hydroxyl groups is 1. The van der Waals surface area contributed by atoms with Crippen molar-refractivity contribution in [2.75, 3.05) is 19.6 Å². The number of nitrogens with zero attached hydrogens (tertiary/aromatic N) is 2. The molecule has 6 heteroatoms. The average molecular weight is 368 g/mol. The van der Waals surface area contributed by atoms with Gasteiger partial charge in [0.1, 0.15) is 0 Å². The van der Waals surface area contributed by atoms with E-state index in [1.165, 1.54) is 16.7 Å². The topological polar surface area (TPSA) is 81.2 Å². The van der Waals surface area contributed by atoms with Crippen LogP contribution < -0.4 is 5.32 Å². The molecule has 1 aromatic heterocycles. The van der Waals surface area contributed by atoms with Gasteiger partial charge in [-0.15, -0.1) is 0 Å². The van der Waals surface area contributed by atoms with E-state index < -0.39 is 11.5 Å². The summed E-state index contributed by atoms with van der Waals surface area (Å²) in [6.45, 7) is 7.02. The zero-order chi connectivity index (χ0) is 19.0. The normalized spacial score (nSPS) is 26.3. The van der Waals surface area contributed by atoms with Crippen LogP contribution in [0.15, 0.2) is 24.4 Å². The molecule has 0 unspecified atom stereocenters. The Morgan fingerprint density at radius 3 is 3.04 bits per heavy atom. The molecule has 0 aliphatic carbocycles. The Hall–Kier alpha value is -2.18. The van der Waals surface area contributed by atoms with E-state index in [1.54, 1.807) is 0 Å². The lowest BCUT2D eigenvalue weighted by Crippen LogP contribution is -2.61. The molecule has 2 saturated heterocycles. The minimum atomic E-state index is -0.667. The molecule has 2 fully saturated rings. The van der Waals surface area contributed by atoms with Crippen LogP contribution in [0.25, 0.3) is 11.3 Å². The van der Waals surface area contributed by atoms with E-state index in [2.05, 4.69) is 52.5 Å². The van der Waals surface area contributed by atoms with Gasteiger partial charge in [-0.05, 0) is 44.7 Å². The Kier molecular flexibility index (Phi) is 4.78. The number of piperidine rings is 2. The number of likely N-dealkylation sites (tertiary alicyclic amines) is 1. The molecular formula is C21H28N4O2. The molecule has 2 aliphatic heterocycles. The summed E-state index contributed by atoms with van der Waals surface area (Å²) in [6, 6.07) is 6.43. The molecule has 1 aromatic carbocycles. The summed E-state index contributed by atoms with van der Waals surface area (Å²) in [4.78, 5) is 14.9. The molecule has 3 heterocycles. The number of amides is 1. The van der Waals surface area contributed by atoms with E-state index in [9.17, 15) is 9.90 Å². The smallest absolute Gasteiger partial charge is 0.230 e. The van der Waals surface area contributed by atoms with Crippen molar-refractivity contribution >= 4 is 5.91 Å². The number of H-pyrrole nitrogens is 1. The van der Waals surface area contributed by atoms with Gasteiger partial charge in [0, 0.05) is 37.3 Å². The maximum Gasteiger partial charge on any atom is 0.230 e. The summed E-state index contributed by atoms with van der Waals surface area (Å²) in [5, 5.41) is 21.0. The highest BCUT2D eigenvalue weighted by Gasteiger charge is 2.49. The average Bonchev–Trinajstić information content (AvgIpc) is 3.10. The minimum Gasteiger partial charge on any atom is -0.392 e. The number of rotatable bonds is 3. The van der Waals surface area contributed by atoms with Crippen LogP contribution in [0.5, 0.6) is 0 Å². The molecule has 1 spiro atoms. The van der Waals surface area contributed by atoms with Crippen LogP contribution in [0, 0.1) is 19.3 Å². The van der Waals surface area contributed by atoms with Crippen LogP contribution in [0.3, 0.4) is 0 Å². The first-order valence-corrected chi connectivity index (χ1v) is 9.78. The molecule has 0 saturated carbocycles. The Morgan fingerprint density at radius 1 is 1.37 bits per heavy atom. The number of carbonyl (C=O) groups is 1. The summed E-state index contributed by atoms with van der Waals surface area (Å²) in [7, 11) is 0. The fraction of sp³-hybridized carbons (Fsp3) is 0.524. The van der Waals surface area contributed by atoms with Crippen molar-refractivity contribution in [2.24, 2.45) is 5.41 Å². The number of carbonyl (C=O) groups excluding carboxylic acids is 1. The fourth-order valence-electron chi connectivity index (χ4n) is 4.57. The molecule has 4 rings (SSSR count). The van der Waals surface area contributed by atoms with Gasteiger partial charge in [0.05, 0.1) is 23.4 Å². The molecule has 144 valence electrons. The second kappa shape index (κ2) is 7.09. The highest BCUT2D eigenvalue weighted by atomic mass is 16.3. The van der Waals surface area contributed by atoms with Crippen molar-refractivity contribution in [3.05, 3.63) is 41.1 Å². The Morgan fingerprint density at radius 2 is 2.22 bits per heavy atom. The van der Waals surface area contributed by atoms with Crippen LogP contribution >= 0.6 is 0 Å². The SMILES string of the molecule is Cc1ccc(C)c(-c2[nH]ncc2CN2CC[C@H](O)[C@@]3(CCCNC3=O)C2)c1. The van der Waals surface area contributed by atoms with Gasteiger partial charge in [0.25, 0.3) is 0 Å². The standard InChI is InChI=1S/C21H28N4O2/c1-14-4-5-15(2)17(10-14)19-16(11-23-24-19)12-25-9-6-18(26)21(13-25)7-3-8-22-20(21)27/h4-5,10-11,18,26H,3,6-9,12-13H2,1-2H3,(H,22,27)(H,23,24)/t18-,21+/m0/s1. The van der Waals surface area contributed by atoms with E-state index in [1.807, 2.05) is 6.20 Å². The monoisotopic (exact) mass is 368 g/mol. The molecule has 3 N–H and O–H groups in total. The second-order valence-corrected chi connectivity index (χ2v) is 8.12. The maximum atomic E-state index is 12.6. The van der Waals surface area contributed by atoms with Crippen LogP contribution in [0.4, 0.5) is 0 Å². The Labute approximate surface area is 160 Å². The van der Waals surface area contributed by atoms with Gasteiger partial charge in [-0.2, -0.15) is 5.10 Å². The molecule has 2 atom stereocenters. The summed E-state index contributed by atoms with van der Waals surface area (Å²) in [5.41, 5.74) is 5.11. The first-order chi connectivity index (χ1) is 13.0. The first kappa shape index (κ1) is 18.2. The van der Waals surface area contributed by atoms with Gasteiger partial charge >= 0.3 is 0 Å². The van der Waals surface area contributed by atoms with Crippen LogP contribution in [-0.2, 0) is 11.3 Å². The van der Waals surface area contributed by atoms with Crippen LogP contribution in [0.1, 0.15) is 36.0 Å². The summed E-state index contributed by atoms with van der Waals surface area (Å²) >= 11 is 0. The molecular weight excluding hydrogens is 340 g/mol. The van der Waals surface area contributed by atoms with Gasteiger partial charge in [-0.25, -0.2) is 0 Å². The third-order valence-electron chi connectivity index (χ3n) is 6.17. The van der Waals surface area contributed by atoms with Crippen molar-refractivity contribution < 1.29 is 9.90 Å². The number of aromatic amines is 1. The Bertz CT molecular complexity index is 846. The van der Waals surface area contributed by atoms with Crippen LogP contribution in [0.2, 0.25) is 0 Å². The molecule has 2 aromatic rings. The lowest BCUT2D eigenvalue weighted by atomic mass is 9.71. The predicted molar refractivity (Wildman–Crippen MR) is 104 cm³/mol. The quantitative estimate of drug-likeness (QED) is 0.775. The van der Waals surface area contributed by atoms with E-state index in [0.717, 1.165) is 37.2 Å². The molecule has 0 bridgehead atoms. The molecule has 2 aliphatic rings. The van der Waals surface area contributed by atoms with Crippen molar-refractivity contribution in [1.29, 1.82) is 0 Å². The van der Waals surface area contributed by atoms with Crippen molar-refractivity contribution in [2.45, 2.75) is 45.8 Å². The lowest BCUT2D eigenvalue weighted by Gasteiger charge is -2.46. The van der Waals surface area contributed by atoms with Crippen molar-refractivity contribution in [3.8, 4) is 11.3 Å². The second-order valence-electron chi connectivity index (χ2n) is 8.12. The van der Waals surface area contributed by atoms with E-state index in [0.29, 0.717) is 19.5 Å². The summed E-state index contributed by atoms with van der Waals surface area (Å²) < 4.78 is 0. The van der Waals surface area contributed by atoms with Crippen LogP contribution in [-0.4, -0.2) is 51.8 Å². The Balaban J connectivity index is 1.58. The number of nitrogens with one attached hydrogen (secondary N) is 2. The van der Waals surface area contributed by atoms with Gasteiger partial charge in [0.15, 0.2) is 0 Å². The van der Waals surface area contributed by atoms with Crippen molar-refractivity contribution in [1.82, 2.24) is 20.4 Å². The molecule has 6 nitrogen and oxygen atoms in total. The van der Waals surface area contributed by atoms with E-state index in [-0.39, 0.29) is 5.91 Å². The van der Waals surface area contributed by atoms with Crippen molar-refractivity contribution in [3.63, 3.8) is 0 Å². The molecule has 27 heavy (non-hydrogen) atoms. The summed E-state index contributed by atoms with van der Waals surface area (Å²) in [5.74, 6) is 0.00731. The lowest BCUT2D eigenvalue weighted by molar-refractivity contribution is -0.149. The number of aromatic nitrogens is 2. The molecule has 1 amide bonds. The maximum absolute atomic E-state index is 12.6. The van der Waals surface area contributed by atoms with E-state index in [4.69, 9.17) is 0 Å². The molecule has 0 radical (unpaired) electrons. The number of hydrogen-bond donors (Lipinski definition) is 3. The zero-order valence-corrected chi connectivity index (χ0v) is 16.1. The third-order valence-corrected chi connectivity index (χ3v) is 6.17. The van der Waals surface area contributed by atoms with E-state index >= 15 is 0 Å². The van der Waals surface area contributed by atoms with Gasteiger partial charge in [0.2, 0.25) is 5.91 Å². The predicted octanol–water partition coefficient (Wildman–Crippen LogP) is 2.16. The third kappa shape index (κ3) is 3.28. The fourth-order valence-corrected chi connectivity index (χ4v) is 4.57. The van der Waals surface area contributed by atoms with Gasteiger partial charge in [-0.1, -0.05) is 17.7 Å². The minimum absolute atomic E-state index is 0.00731. The number of aliphatic hydroxyl groups excluding tert-OH is 1. The van der Waals surface area contributed by atoms with Gasteiger partial charge in [-0.3, -0.25) is 14.8 Å². The number of benzene rings is 1. The number of hydrogen-bond acceptors (Lipinski definition) is 4. The first-order valence-electron chi connectivity index (χ1n) is 9.78.